The fourth-order valence-electron chi connectivity index (χ4n) is 2.99. The highest BCUT2D eigenvalue weighted by Gasteiger charge is 2.33. The Morgan fingerprint density at radius 3 is 2.55 bits per heavy atom. The third-order valence-electron chi connectivity index (χ3n) is 4.37. The van der Waals surface area contributed by atoms with Gasteiger partial charge in [0.25, 0.3) is 5.91 Å². The van der Waals surface area contributed by atoms with Gasteiger partial charge in [-0.1, -0.05) is 30.3 Å². The molecule has 0 aliphatic rings. The summed E-state index contributed by atoms with van der Waals surface area (Å²) in [6.45, 7) is 0. The van der Waals surface area contributed by atoms with Crippen molar-refractivity contribution in [3.8, 4) is 11.3 Å². The molecule has 0 spiro atoms. The number of hydrogen-bond acceptors (Lipinski definition) is 4. The van der Waals surface area contributed by atoms with E-state index in [1.54, 1.807) is 37.4 Å². The molecule has 0 unspecified atom stereocenters. The van der Waals surface area contributed by atoms with Gasteiger partial charge < -0.3 is 5.32 Å². The van der Waals surface area contributed by atoms with Crippen molar-refractivity contribution in [3.05, 3.63) is 72.3 Å². The van der Waals surface area contributed by atoms with Gasteiger partial charge in [-0.25, -0.2) is 14.6 Å². The molecule has 2 aromatic heterocycles. The fraction of sp³-hybridized carbons (Fsp3) is 0.100. The number of carbonyl (C=O) groups is 1. The molecule has 4 aromatic rings. The van der Waals surface area contributed by atoms with Crippen molar-refractivity contribution in [2.75, 3.05) is 5.32 Å². The maximum absolute atomic E-state index is 13.3. The Bertz CT molecular complexity index is 1220. The van der Waals surface area contributed by atoms with Crippen molar-refractivity contribution < 1.29 is 18.0 Å². The average molecular weight is 397 g/mol. The van der Waals surface area contributed by atoms with Crippen LogP contribution in [0.1, 0.15) is 16.2 Å². The number of rotatable bonds is 3. The van der Waals surface area contributed by atoms with Gasteiger partial charge in [-0.05, 0) is 24.3 Å². The first-order valence-corrected chi connectivity index (χ1v) is 8.56. The Morgan fingerprint density at radius 1 is 1.07 bits per heavy atom. The number of fused-ring (bicyclic) bond motifs is 1. The first kappa shape index (κ1) is 18.6. The van der Waals surface area contributed by atoms with E-state index in [4.69, 9.17) is 0 Å². The number of anilines is 1. The van der Waals surface area contributed by atoms with Crippen molar-refractivity contribution in [1.29, 1.82) is 0 Å². The van der Waals surface area contributed by atoms with Crippen molar-refractivity contribution in [2.45, 2.75) is 6.18 Å². The fourth-order valence-corrected chi connectivity index (χ4v) is 2.99. The van der Waals surface area contributed by atoms with Crippen LogP contribution in [0.2, 0.25) is 0 Å². The van der Waals surface area contributed by atoms with E-state index >= 15 is 0 Å². The summed E-state index contributed by atoms with van der Waals surface area (Å²) in [7, 11) is 1.59. The molecule has 0 bridgehead atoms. The average Bonchev–Trinajstić information content (AvgIpc) is 3.13. The number of carbonyl (C=O) groups excluding carboxylic acids is 1. The van der Waals surface area contributed by atoms with Gasteiger partial charge in [0.1, 0.15) is 6.33 Å². The van der Waals surface area contributed by atoms with Crippen LogP contribution in [0.25, 0.3) is 22.2 Å². The molecule has 0 fully saturated rings. The summed E-state index contributed by atoms with van der Waals surface area (Å²) in [5.74, 6) is -0.325. The maximum Gasteiger partial charge on any atom is 0.417 e. The minimum Gasteiger partial charge on any atom is -0.319 e. The molecule has 2 aromatic carbocycles. The molecule has 0 saturated heterocycles. The second-order valence-electron chi connectivity index (χ2n) is 6.31. The zero-order chi connectivity index (χ0) is 20.6. The molecule has 1 N–H and O–H groups in total. The summed E-state index contributed by atoms with van der Waals surface area (Å²) in [6.07, 6.45) is -3.22. The molecule has 146 valence electrons. The Hall–Kier alpha value is -3.75. The number of hydrogen-bond donors (Lipinski definition) is 1. The molecule has 0 aliphatic heterocycles. The molecule has 9 heteroatoms. The first-order valence-electron chi connectivity index (χ1n) is 8.56. The first-order chi connectivity index (χ1) is 13.8. The molecule has 0 atom stereocenters. The third kappa shape index (κ3) is 3.66. The van der Waals surface area contributed by atoms with Gasteiger partial charge in [-0.2, -0.15) is 18.3 Å². The predicted octanol–water partition coefficient (Wildman–Crippen LogP) is 4.30. The molecule has 0 saturated carbocycles. The molecule has 0 aliphatic carbocycles. The van der Waals surface area contributed by atoms with Crippen LogP contribution in [0.3, 0.4) is 0 Å². The number of nitrogens with one attached hydrogen (secondary N) is 1. The van der Waals surface area contributed by atoms with Crippen LogP contribution < -0.4 is 5.32 Å². The van der Waals surface area contributed by atoms with E-state index in [-0.39, 0.29) is 17.1 Å². The topological polar surface area (TPSA) is 72.7 Å². The Morgan fingerprint density at radius 2 is 1.83 bits per heavy atom. The number of pyridine rings is 1. The summed E-state index contributed by atoms with van der Waals surface area (Å²) in [4.78, 5) is 20.6. The molecule has 29 heavy (non-hydrogen) atoms. The van der Waals surface area contributed by atoms with E-state index in [2.05, 4.69) is 20.4 Å². The van der Waals surface area contributed by atoms with Gasteiger partial charge in [0.2, 0.25) is 5.82 Å². The van der Waals surface area contributed by atoms with Crippen molar-refractivity contribution in [2.24, 2.45) is 7.05 Å². The third-order valence-corrected chi connectivity index (χ3v) is 4.37. The number of nitrogens with zero attached hydrogens (tertiary/aromatic N) is 4. The molecule has 4 rings (SSSR count). The van der Waals surface area contributed by atoms with Crippen LogP contribution >= 0.6 is 0 Å². The molecule has 2 heterocycles. The van der Waals surface area contributed by atoms with Crippen LogP contribution in [0.5, 0.6) is 0 Å². The highest BCUT2D eigenvalue weighted by molar-refractivity contribution is 6.02. The van der Waals surface area contributed by atoms with E-state index in [0.29, 0.717) is 11.2 Å². The maximum atomic E-state index is 13.3. The number of amides is 1. The summed E-state index contributed by atoms with van der Waals surface area (Å²) in [6, 6.07) is 13.5. The Kier molecular flexibility index (Phi) is 4.50. The molecule has 6 nitrogen and oxygen atoms in total. The predicted molar refractivity (Wildman–Crippen MR) is 101 cm³/mol. The summed E-state index contributed by atoms with van der Waals surface area (Å²) < 4.78 is 41.3. The quantitative estimate of drug-likeness (QED) is 0.559. The highest BCUT2D eigenvalue weighted by Crippen LogP contribution is 2.36. The number of aromatic nitrogens is 4. The van der Waals surface area contributed by atoms with Crippen molar-refractivity contribution in [1.82, 2.24) is 19.7 Å². The van der Waals surface area contributed by atoms with E-state index in [1.807, 2.05) is 0 Å². The molecule has 0 radical (unpaired) electrons. The van der Waals surface area contributed by atoms with E-state index in [0.717, 1.165) is 11.5 Å². The lowest BCUT2D eigenvalue weighted by atomic mass is 10.0. The van der Waals surface area contributed by atoms with Gasteiger partial charge in [0.05, 0.1) is 16.8 Å². The Labute approximate surface area is 163 Å². The van der Waals surface area contributed by atoms with Gasteiger partial charge in [0, 0.05) is 23.7 Å². The minimum atomic E-state index is -4.49. The van der Waals surface area contributed by atoms with E-state index in [1.165, 1.54) is 29.2 Å². The molecular weight excluding hydrogens is 383 g/mol. The highest BCUT2D eigenvalue weighted by atomic mass is 19.4. The largest absolute Gasteiger partial charge is 0.417 e. The normalized spacial score (nSPS) is 11.6. The van der Waals surface area contributed by atoms with Gasteiger partial charge in [0.15, 0.2) is 0 Å². The standard InChI is InChI=1S/C20H14F3N5O/c1-28-18(24-11-25-28)19(29)26-13-8-6-12-7-9-16(27-17(12)10-13)14-4-2-3-5-15(14)20(21,22)23/h2-11H,1H3,(H,26,29). The van der Waals surface area contributed by atoms with Crippen LogP contribution in [0.4, 0.5) is 18.9 Å². The zero-order valence-electron chi connectivity index (χ0n) is 15.1. The lowest BCUT2D eigenvalue weighted by Gasteiger charge is -2.13. The van der Waals surface area contributed by atoms with Crippen molar-refractivity contribution >= 4 is 22.5 Å². The van der Waals surface area contributed by atoms with Gasteiger partial charge >= 0.3 is 6.18 Å². The SMILES string of the molecule is Cn1ncnc1C(=O)Nc1ccc2ccc(-c3ccccc3C(F)(F)F)nc2c1. The van der Waals surface area contributed by atoms with Crippen LogP contribution in [-0.2, 0) is 13.2 Å². The molecule has 1 amide bonds. The smallest absolute Gasteiger partial charge is 0.319 e. The zero-order valence-corrected chi connectivity index (χ0v) is 15.1. The number of alkyl halides is 3. The van der Waals surface area contributed by atoms with Crippen molar-refractivity contribution in [3.63, 3.8) is 0 Å². The summed E-state index contributed by atoms with van der Waals surface area (Å²) >= 11 is 0. The number of benzene rings is 2. The minimum absolute atomic E-state index is 0.00424. The van der Waals surface area contributed by atoms with E-state index < -0.39 is 17.6 Å². The van der Waals surface area contributed by atoms with Crippen LogP contribution in [-0.4, -0.2) is 25.7 Å². The lowest BCUT2D eigenvalue weighted by molar-refractivity contribution is -0.137. The van der Waals surface area contributed by atoms with Crippen LogP contribution in [0.15, 0.2) is 60.9 Å². The second-order valence-corrected chi connectivity index (χ2v) is 6.31. The van der Waals surface area contributed by atoms with Crippen LogP contribution in [0, 0.1) is 0 Å². The van der Waals surface area contributed by atoms with Gasteiger partial charge in [-0.15, -0.1) is 0 Å². The number of halogens is 3. The lowest BCUT2D eigenvalue weighted by Crippen LogP contribution is -2.17. The second kappa shape index (κ2) is 7.01. The summed E-state index contributed by atoms with van der Waals surface area (Å²) in [5.41, 5.74) is 0.339. The Balaban J connectivity index is 1.72. The number of aryl methyl sites for hydroxylation is 1. The molecular formula is C20H14F3N5O. The summed E-state index contributed by atoms with van der Waals surface area (Å²) in [5, 5.41) is 7.26. The van der Waals surface area contributed by atoms with E-state index in [9.17, 15) is 18.0 Å². The monoisotopic (exact) mass is 397 g/mol. The van der Waals surface area contributed by atoms with Gasteiger partial charge in [-0.3, -0.25) is 4.79 Å².